The van der Waals surface area contributed by atoms with Gasteiger partial charge in [-0.05, 0) is 42.5 Å². The van der Waals surface area contributed by atoms with Gasteiger partial charge in [0, 0.05) is 48.8 Å². The predicted octanol–water partition coefficient (Wildman–Crippen LogP) is 3.10. The number of hydrogen-bond acceptors (Lipinski definition) is 4. The van der Waals surface area contributed by atoms with E-state index >= 15 is 0 Å². The third-order valence-electron chi connectivity index (χ3n) is 4.27. The summed E-state index contributed by atoms with van der Waals surface area (Å²) in [5.41, 5.74) is 1.62. The van der Waals surface area contributed by atoms with Crippen LogP contribution >= 0.6 is 11.6 Å². The number of carbonyl (C=O) groups excluding carboxylic acids is 1. The summed E-state index contributed by atoms with van der Waals surface area (Å²) >= 11 is 6.03. The Bertz CT molecular complexity index is 892. The largest absolute Gasteiger partial charge is 0.368 e. The van der Waals surface area contributed by atoms with Gasteiger partial charge in [0.2, 0.25) is 0 Å². The van der Waals surface area contributed by atoms with Crippen LogP contribution in [0.2, 0.25) is 5.02 Å². The average Bonchev–Trinajstić information content (AvgIpc) is 2.61. The third kappa shape index (κ3) is 4.47. The third-order valence-corrected chi connectivity index (χ3v) is 5.64. The molecule has 1 N–H and O–H groups in total. The van der Waals surface area contributed by atoms with Gasteiger partial charge in [0.15, 0.2) is 9.84 Å². The second-order valence-electron chi connectivity index (χ2n) is 6.18. The molecule has 1 fully saturated rings. The molecule has 1 heterocycles. The maximum absolute atomic E-state index is 12.4. The first-order valence-corrected chi connectivity index (χ1v) is 10.5. The van der Waals surface area contributed by atoms with Gasteiger partial charge in [-0.2, -0.15) is 0 Å². The van der Waals surface area contributed by atoms with Crippen LogP contribution in [0.3, 0.4) is 0 Å². The first-order chi connectivity index (χ1) is 12.3. The summed E-state index contributed by atoms with van der Waals surface area (Å²) in [6, 6.07) is 13.6. The number of hydrogen-bond donors (Lipinski definition) is 1. The average molecular weight is 394 g/mol. The van der Waals surface area contributed by atoms with Gasteiger partial charge < -0.3 is 15.1 Å². The highest BCUT2D eigenvalue weighted by atomic mass is 35.5. The Morgan fingerprint density at radius 3 is 2.27 bits per heavy atom. The van der Waals surface area contributed by atoms with Gasteiger partial charge in [-0.15, -0.1) is 0 Å². The number of piperazine rings is 1. The van der Waals surface area contributed by atoms with Gasteiger partial charge in [-0.1, -0.05) is 17.7 Å². The predicted molar refractivity (Wildman–Crippen MR) is 104 cm³/mol. The summed E-state index contributed by atoms with van der Waals surface area (Å²) in [6.45, 7) is 2.64. The second-order valence-corrected chi connectivity index (χ2v) is 8.63. The zero-order chi connectivity index (χ0) is 18.7. The monoisotopic (exact) mass is 393 g/mol. The van der Waals surface area contributed by atoms with Crippen LogP contribution in [0.25, 0.3) is 0 Å². The normalized spacial score (nSPS) is 15.0. The number of nitrogens with zero attached hydrogens (tertiary/aromatic N) is 2. The number of carbonyl (C=O) groups is 1. The van der Waals surface area contributed by atoms with Crippen LogP contribution in [0.1, 0.15) is 0 Å². The molecule has 1 aliphatic heterocycles. The van der Waals surface area contributed by atoms with Crippen molar-refractivity contribution in [2.75, 3.05) is 42.7 Å². The van der Waals surface area contributed by atoms with Crippen molar-refractivity contribution in [3.63, 3.8) is 0 Å². The second kappa shape index (κ2) is 7.55. The minimum atomic E-state index is -3.24. The Morgan fingerprint density at radius 2 is 1.69 bits per heavy atom. The number of rotatable bonds is 3. The minimum absolute atomic E-state index is 0.192. The van der Waals surface area contributed by atoms with E-state index in [1.807, 2.05) is 24.3 Å². The highest BCUT2D eigenvalue weighted by Crippen LogP contribution is 2.21. The summed E-state index contributed by atoms with van der Waals surface area (Å²) in [5, 5.41) is 3.50. The van der Waals surface area contributed by atoms with Crippen LogP contribution in [-0.4, -0.2) is 51.8 Å². The molecule has 0 atom stereocenters. The Balaban J connectivity index is 1.57. The maximum atomic E-state index is 12.4. The van der Waals surface area contributed by atoms with E-state index in [-0.39, 0.29) is 10.9 Å². The molecule has 1 aliphatic rings. The van der Waals surface area contributed by atoms with E-state index in [9.17, 15) is 13.2 Å². The molecule has 1 saturated heterocycles. The number of urea groups is 1. The zero-order valence-electron chi connectivity index (χ0n) is 14.4. The molecule has 6 nitrogen and oxygen atoms in total. The van der Waals surface area contributed by atoms with Crippen LogP contribution in [0.15, 0.2) is 53.4 Å². The highest BCUT2D eigenvalue weighted by Gasteiger charge is 2.21. The molecule has 26 heavy (non-hydrogen) atoms. The van der Waals surface area contributed by atoms with Crippen molar-refractivity contribution in [1.82, 2.24) is 4.90 Å². The Labute approximate surface area is 158 Å². The van der Waals surface area contributed by atoms with Gasteiger partial charge in [0.05, 0.1) is 4.90 Å². The summed E-state index contributed by atoms with van der Waals surface area (Å²) in [6.07, 6.45) is 1.15. The van der Waals surface area contributed by atoms with Crippen LogP contribution in [0, 0.1) is 0 Å². The molecule has 2 aromatic carbocycles. The van der Waals surface area contributed by atoms with Gasteiger partial charge in [-0.3, -0.25) is 0 Å². The smallest absolute Gasteiger partial charge is 0.321 e. The number of amides is 2. The lowest BCUT2D eigenvalue weighted by atomic mass is 10.2. The molecular formula is C18H20ClN3O3S. The highest BCUT2D eigenvalue weighted by molar-refractivity contribution is 7.90. The van der Waals surface area contributed by atoms with Crippen molar-refractivity contribution in [1.29, 1.82) is 0 Å². The van der Waals surface area contributed by atoms with E-state index < -0.39 is 9.84 Å². The first kappa shape index (κ1) is 18.5. The molecule has 138 valence electrons. The zero-order valence-corrected chi connectivity index (χ0v) is 15.9. The number of halogens is 1. The quantitative estimate of drug-likeness (QED) is 0.869. The van der Waals surface area contributed by atoms with Crippen LogP contribution in [0.5, 0.6) is 0 Å². The summed E-state index contributed by atoms with van der Waals surface area (Å²) in [7, 11) is -3.24. The fourth-order valence-electron chi connectivity index (χ4n) is 2.83. The van der Waals surface area contributed by atoms with Crippen molar-refractivity contribution >= 4 is 38.8 Å². The summed E-state index contributed by atoms with van der Waals surface area (Å²) < 4.78 is 22.9. The Hall–Kier alpha value is -2.25. The minimum Gasteiger partial charge on any atom is -0.368 e. The molecule has 8 heteroatoms. The SMILES string of the molecule is CS(=O)(=O)c1ccc(NC(=O)N2CCN(c3cccc(Cl)c3)CC2)cc1. The van der Waals surface area contributed by atoms with Crippen LogP contribution in [0.4, 0.5) is 16.2 Å². The lowest BCUT2D eigenvalue weighted by Crippen LogP contribution is -2.50. The van der Waals surface area contributed by atoms with E-state index in [4.69, 9.17) is 11.6 Å². The number of sulfone groups is 1. The van der Waals surface area contributed by atoms with E-state index in [0.717, 1.165) is 25.0 Å². The van der Waals surface area contributed by atoms with E-state index in [1.165, 1.54) is 12.1 Å². The van der Waals surface area contributed by atoms with E-state index in [1.54, 1.807) is 17.0 Å². The molecule has 0 aliphatic carbocycles. The van der Waals surface area contributed by atoms with E-state index in [0.29, 0.717) is 23.8 Å². The molecule has 0 saturated carbocycles. The molecule has 0 aromatic heterocycles. The van der Waals surface area contributed by atoms with Gasteiger partial charge in [0.25, 0.3) is 0 Å². The summed E-state index contributed by atoms with van der Waals surface area (Å²) in [5.74, 6) is 0. The molecule has 0 bridgehead atoms. The first-order valence-electron chi connectivity index (χ1n) is 8.19. The number of nitrogens with one attached hydrogen (secondary N) is 1. The van der Waals surface area contributed by atoms with Crippen molar-refractivity contribution < 1.29 is 13.2 Å². The molecule has 2 aromatic rings. The van der Waals surface area contributed by atoms with Crippen molar-refractivity contribution in [3.05, 3.63) is 53.6 Å². The fraction of sp³-hybridized carbons (Fsp3) is 0.278. The molecular weight excluding hydrogens is 374 g/mol. The Morgan fingerprint density at radius 1 is 1.04 bits per heavy atom. The van der Waals surface area contributed by atoms with Gasteiger partial charge in [0.1, 0.15) is 0 Å². The number of anilines is 2. The van der Waals surface area contributed by atoms with Gasteiger partial charge in [-0.25, -0.2) is 13.2 Å². The van der Waals surface area contributed by atoms with Crippen molar-refractivity contribution in [2.24, 2.45) is 0 Å². The Kier molecular flexibility index (Phi) is 5.38. The van der Waals surface area contributed by atoms with Crippen LogP contribution < -0.4 is 10.2 Å². The molecule has 0 unspecified atom stereocenters. The van der Waals surface area contributed by atoms with Gasteiger partial charge >= 0.3 is 6.03 Å². The molecule has 0 spiro atoms. The molecule has 3 rings (SSSR count). The number of benzene rings is 2. The fourth-order valence-corrected chi connectivity index (χ4v) is 3.64. The molecule has 0 radical (unpaired) electrons. The topological polar surface area (TPSA) is 69.7 Å². The van der Waals surface area contributed by atoms with E-state index in [2.05, 4.69) is 10.2 Å². The lowest BCUT2D eigenvalue weighted by molar-refractivity contribution is 0.208. The van der Waals surface area contributed by atoms with Crippen molar-refractivity contribution in [3.8, 4) is 0 Å². The van der Waals surface area contributed by atoms with Crippen molar-refractivity contribution in [2.45, 2.75) is 4.90 Å². The standard InChI is InChI=1S/C18H20ClN3O3S/c1-26(24,25)17-7-5-15(6-8-17)20-18(23)22-11-9-21(10-12-22)16-4-2-3-14(19)13-16/h2-8,13H,9-12H2,1H3,(H,20,23). The maximum Gasteiger partial charge on any atom is 0.321 e. The molecule has 2 amide bonds. The summed E-state index contributed by atoms with van der Waals surface area (Å²) in [4.78, 5) is 16.6. The lowest BCUT2D eigenvalue weighted by Gasteiger charge is -2.36. The van der Waals surface area contributed by atoms with Crippen LogP contribution in [-0.2, 0) is 9.84 Å².